The second-order valence-corrected chi connectivity index (χ2v) is 7.36. The fourth-order valence-corrected chi connectivity index (χ4v) is 3.43. The Morgan fingerprint density at radius 1 is 1.30 bits per heavy atom. The summed E-state index contributed by atoms with van der Waals surface area (Å²) in [5.74, 6) is 0.507. The largest absolute Gasteiger partial charge is 0.311 e. The average Bonchev–Trinajstić information content (AvgIpc) is 2.33. The molecule has 0 aromatic heterocycles. The van der Waals surface area contributed by atoms with Gasteiger partial charge in [-0.15, -0.1) is 11.6 Å². The number of rotatable bonds is 7. The third-order valence-corrected chi connectivity index (χ3v) is 4.44. The molecule has 0 amide bonds. The summed E-state index contributed by atoms with van der Waals surface area (Å²) < 4.78 is 25.7. The molecule has 0 fully saturated rings. The number of nitrogens with one attached hydrogen (secondary N) is 1. The molecule has 1 rings (SSSR count). The maximum atomic E-state index is 12.1. The topological polar surface area (TPSA) is 49.4 Å². The van der Waals surface area contributed by atoms with E-state index < -0.39 is 10.0 Å². The maximum absolute atomic E-state index is 12.1. The van der Waals surface area contributed by atoms with Crippen LogP contribution in [-0.4, -0.2) is 39.7 Å². The van der Waals surface area contributed by atoms with Gasteiger partial charge in [0.25, 0.3) is 0 Å². The molecule has 0 saturated carbocycles. The van der Waals surface area contributed by atoms with Gasteiger partial charge in [0.1, 0.15) is 0 Å². The number of anilines is 1. The number of alkyl halides is 1. The van der Waals surface area contributed by atoms with Crippen LogP contribution in [0.1, 0.15) is 18.1 Å². The minimum absolute atomic E-state index is 0.0301. The Morgan fingerprint density at radius 3 is 2.30 bits per heavy atom. The molecule has 4 nitrogen and oxygen atoms in total. The van der Waals surface area contributed by atoms with Gasteiger partial charge in [-0.3, -0.25) is 4.31 Å². The van der Waals surface area contributed by atoms with Crippen LogP contribution in [0, 0.1) is 13.8 Å². The molecular weight excluding hydrogens is 296 g/mol. The number of benzene rings is 1. The van der Waals surface area contributed by atoms with Crippen molar-refractivity contribution >= 4 is 27.3 Å². The maximum Gasteiger partial charge on any atom is 0.232 e. The smallest absolute Gasteiger partial charge is 0.232 e. The number of sulfonamides is 1. The van der Waals surface area contributed by atoms with Crippen molar-refractivity contribution < 1.29 is 8.42 Å². The lowest BCUT2D eigenvalue weighted by atomic mass is 10.1. The Kier molecular flexibility index (Phi) is 6.30. The molecule has 0 aliphatic rings. The molecular formula is C14H23ClN2O2S. The third kappa shape index (κ3) is 4.65. The van der Waals surface area contributed by atoms with E-state index in [2.05, 4.69) is 5.32 Å². The monoisotopic (exact) mass is 318 g/mol. The van der Waals surface area contributed by atoms with Crippen LogP contribution in [0.2, 0.25) is 0 Å². The van der Waals surface area contributed by atoms with Crippen LogP contribution in [0.5, 0.6) is 0 Å². The lowest BCUT2D eigenvalue weighted by molar-refractivity contribution is 0.558. The number of aryl methyl sites for hydroxylation is 2. The van der Waals surface area contributed by atoms with Crippen molar-refractivity contribution in [1.29, 1.82) is 0 Å². The van der Waals surface area contributed by atoms with Gasteiger partial charge in [-0.1, -0.05) is 18.2 Å². The molecule has 0 heterocycles. The Hall–Kier alpha value is -0.780. The summed E-state index contributed by atoms with van der Waals surface area (Å²) in [4.78, 5) is 0. The van der Waals surface area contributed by atoms with Crippen LogP contribution >= 0.6 is 11.6 Å². The second-order valence-electron chi connectivity index (χ2n) is 5.08. The first-order valence-electron chi connectivity index (χ1n) is 6.60. The molecule has 0 spiro atoms. The second kappa shape index (κ2) is 7.29. The first-order valence-corrected chi connectivity index (χ1v) is 8.99. The van der Waals surface area contributed by atoms with Gasteiger partial charge < -0.3 is 5.32 Å². The molecule has 1 aromatic carbocycles. The van der Waals surface area contributed by atoms with Crippen molar-refractivity contribution in [1.82, 2.24) is 5.32 Å². The summed E-state index contributed by atoms with van der Waals surface area (Å²) in [6, 6.07) is 5.82. The molecule has 1 unspecified atom stereocenters. The molecule has 0 saturated heterocycles. The van der Waals surface area contributed by atoms with E-state index in [1.165, 1.54) is 10.6 Å². The van der Waals surface area contributed by atoms with Crippen LogP contribution in [0.25, 0.3) is 0 Å². The summed E-state index contributed by atoms with van der Waals surface area (Å²) in [6.07, 6.45) is 1.24. The van der Waals surface area contributed by atoms with Crippen molar-refractivity contribution in [3.8, 4) is 0 Å². The van der Waals surface area contributed by atoms with Crippen LogP contribution < -0.4 is 9.62 Å². The number of hydrogen-bond donors (Lipinski definition) is 1. The van der Waals surface area contributed by atoms with Gasteiger partial charge in [-0.2, -0.15) is 0 Å². The minimum atomic E-state index is -3.32. The van der Waals surface area contributed by atoms with Gasteiger partial charge in [-0.05, 0) is 31.9 Å². The lowest BCUT2D eigenvalue weighted by Crippen LogP contribution is -2.43. The summed E-state index contributed by atoms with van der Waals surface area (Å²) in [6.45, 7) is 6.86. The highest BCUT2D eigenvalue weighted by atomic mass is 35.5. The minimum Gasteiger partial charge on any atom is -0.311 e. The van der Waals surface area contributed by atoms with Crippen LogP contribution in [-0.2, 0) is 10.0 Å². The first kappa shape index (κ1) is 17.3. The van der Waals surface area contributed by atoms with Crippen molar-refractivity contribution in [3.05, 3.63) is 29.3 Å². The zero-order valence-electron chi connectivity index (χ0n) is 12.5. The number of para-hydroxylation sites is 1. The van der Waals surface area contributed by atoms with Crippen molar-refractivity contribution in [2.24, 2.45) is 0 Å². The number of nitrogens with zero attached hydrogens (tertiary/aromatic N) is 1. The number of halogens is 1. The number of hydrogen-bond acceptors (Lipinski definition) is 3. The van der Waals surface area contributed by atoms with Crippen molar-refractivity contribution in [2.75, 3.05) is 29.5 Å². The Balaban J connectivity index is 3.09. The molecule has 114 valence electrons. The van der Waals surface area contributed by atoms with Crippen LogP contribution in [0.4, 0.5) is 5.69 Å². The highest BCUT2D eigenvalue weighted by molar-refractivity contribution is 7.92. The van der Waals surface area contributed by atoms with Gasteiger partial charge in [0.15, 0.2) is 0 Å². The predicted molar refractivity (Wildman–Crippen MR) is 86.3 cm³/mol. The van der Waals surface area contributed by atoms with E-state index in [-0.39, 0.29) is 6.04 Å². The summed E-state index contributed by atoms with van der Waals surface area (Å²) in [5.41, 5.74) is 2.69. The average molecular weight is 319 g/mol. The Labute approximate surface area is 127 Å². The van der Waals surface area contributed by atoms with E-state index in [0.29, 0.717) is 19.0 Å². The SMILES string of the molecule is Cc1cccc(C)c1N(CC(C)NCCCl)S(C)(=O)=O. The molecule has 1 aromatic rings. The van der Waals surface area contributed by atoms with E-state index in [0.717, 1.165) is 16.8 Å². The van der Waals surface area contributed by atoms with Gasteiger partial charge in [0.05, 0.1) is 11.9 Å². The lowest BCUT2D eigenvalue weighted by Gasteiger charge is -2.29. The highest BCUT2D eigenvalue weighted by Crippen LogP contribution is 2.26. The predicted octanol–water partition coefficient (Wildman–Crippen LogP) is 2.29. The van der Waals surface area contributed by atoms with Gasteiger partial charge in [-0.25, -0.2) is 8.42 Å². The Bertz CT molecular complexity index is 526. The van der Waals surface area contributed by atoms with E-state index >= 15 is 0 Å². The molecule has 0 bridgehead atoms. The zero-order valence-corrected chi connectivity index (χ0v) is 14.1. The molecule has 0 aliphatic carbocycles. The van der Waals surface area contributed by atoms with Crippen molar-refractivity contribution in [2.45, 2.75) is 26.8 Å². The first-order chi connectivity index (χ1) is 9.27. The fraction of sp³-hybridized carbons (Fsp3) is 0.571. The molecule has 1 N–H and O–H groups in total. The summed E-state index contributed by atoms with van der Waals surface area (Å²) >= 11 is 5.65. The molecule has 20 heavy (non-hydrogen) atoms. The van der Waals surface area contributed by atoms with E-state index in [1.807, 2.05) is 39.0 Å². The molecule has 1 atom stereocenters. The molecule has 0 aliphatic heterocycles. The Morgan fingerprint density at radius 2 is 1.85 bits per heavy atom. The van der Waals surface area contributed by atoms with E-state index in [1.54, 1.807) is 0 Å². The van der Waals surface area contributed by atoms with Gasteiger partial charge in [0.2, 0.25) is 10.0 Å². The normalized spacial score (nSPS) is 13.2. The van der Waals surface area contributed by atoms with E-state index in [9.17, 15) is 8.42 Å². The molecule has 6 heteroatoms. The fourth-order valence-electron chi connectivity index (χ4n) is 2.21. The van der Waals surface area contributed by atoms with Crippen LogP contribution in [0.3, 0.4) is 0 Å². The molecule has 0 radical (unpaired) electrons. The van der Waals surface area contributed by atoms with E-state index in [4.69, 9.17) is 11.6 Å². The summed E-state index contributed by atoms with van der Waals surface area (Å²) in [7, 11) is -3.32. The van der Waals surface area contributed by atoms with Gasteiger partial charge >= 0.3 is 0 Å². The highest BCUT2D eigenvalue weighted by Gasteiger charge is 2.22. The quantitative estimate of drug-likeness (QED) is 0.785. The standard InChI is InChI=1S/C14H23ClN2O2S/c1-11-6-5-7-12(2)14(11)17(20(4,18)19)10-13(3)16-9-8-15/h5-7,13,16H,8-10H2,1-4H3. The van der Waals surface area contributed by atoms with Crippen molar-refractivity contribution in [3.63, 3.8) is 0 Å². The zero-order chi connectivity index (χ0) is 15.3. The third-order valence-electron chi connectivity index (χ3n) is 3.12. The van der Waals surface area contributed by atoms with Gasteiger partial charge in [0, 0.05) is 25.0 Å². The summed E-state index contributed by atoms with van der Waals surface area (Å²) in [5, 5.41) is 3.21. The van der Waals surface area contributed by atoms with Crippen LogP contribution in [0.15, 0.2) is 18.2 Å².